The second-order valence-electron chi connectivity index (χ2n) is 2.91. The van der Waals surface area contributed by atoms with Crippen LogP contribution in [0.3, 0.4) is 0 Å². The Morgan fingerprint density at radius 1 is 1.64 bits per heavy atom. The zero-order valence-corrected chi connectivity index (χ0v) is 7.03. The van der Waals surface area contributed by atoms with E-state index in [0.29, 0.717) is 5.92 Å². The van der Waals surface area contributed by atoms with Crippen LogP contribution in [0, 0.1) is 5.92 Å². The topological polar surface area (TPSA) is 32.7 Å². The van der Waals surface area contributed by atoms with Gasteiger partial charge in [-0.05, 0) is 26.0 Å². The molecule has 0 radical (unpaired) electrons. The Morgan fingerprint density at radius 3 is 2.73 bits per heavy atom. The maximum Gasteiger partial charge on any atom is 0.376 e. The highest BCUT2D eigenvalue weighted by Gasteiger charge is 2.29. The van der Waals surface area contributed by atoms with Gasteiger partial charge in [0, 0.05) is 5.92 Å². The lowest BCUT2D eigenvalue weighted by molar-refractivity contribution is 0.208. The summed E-state index contributed by atoms with van der Waals surface area (Å²) in [6.07, 6.45) is 3.73. The Balaban J connectivity index is 2.14. The standard InChI is InChI=1S/C7H14BNO2/c1-8(10)9-5-7(6-9)3-4-11-2/h3-4,7,10H,5-6H2,1-2H3. The molecule has 1 fully saturated rings. The average molecular weight is 155 g/mol. The highest BCUT2D eigenvalue weighted by molar-refractivity contribution is 6.45. The van der Waals surface area contributed by atoms with E-state index in [2.05, 4.69) is 0 Å². The summed E-state index contributed by atoms with van der Waals surface area (Å²) in [6, 6.07) is 0. The van der Waals surface area contributed by atoms with Crippen LogP contribution in [0.25, 0.3) is 0 Å². The molecule has 3 nitrogen and oxygen atoms in total. The van der Waals surface area contributed by atoms with Crippen LogP contribution in [0.4, 0.5) is 0 Å². The number of ether oxygens (including phenoxy) is 1. The van der Waals surface area contributed by atoms with Gasteiger partial charge >= 0.3 is 7.05 Å². The molecule has 0 unspecified atom stereocenters. The minimum absolute atomic E-state index is 0.304. The second kappa shape index (κ2) is 3.78. The van der Waals surface area contributed by atoms with Gasteiger partial charge in [-0.3, -0.25) is 0 Å². The van der Waals surface area contributed by atoms with Crippen molar-refractivity contribution in [1.82, 2.24) is 4.81 Å². The third-order valence-corrected chi connectivity index (χ3v) is 1.95. The van der Waals surface area contributed by atoms with E-state index in [0.717, 1.165) is 13.1 Å². The van der Waals surface area contributed by atoms with Gasteiger partial charge in [-0.25, -0.2) is 0 Å². The summed E-state index contributed by atoms with van der Waals surface area (Å²) in [7, 11) is 1.34. The van der Waals surface area contributed by atoms with Crippen molar-refractivity contribution in [1.29, 1.82) is 0 Å². The molecule has 1 rings (SSSR count). The van der Waals surface area contributed by atoms with Crippen molar-refractivity contribution < 1.29 is 9.76 Å². The molecule has 0 bridgehead atoms. The first kappa shape index (κ1) is 8.62. The lowest BCUT2D eigenvalue weighted by atomic mass is 9.78. The predicted octanol–water partition coefficient (Wildman–Crippen LogP) is 0.189. The fraction of sp³-hybridized carbons (Fsp3) is 0.714. The molecule has 0 aromatic rings. The van der Waals surface area contributed by atoms with Crippen LogP contribution in [-0.2, 0) is 4.74 Å². The SMILES string of the molecule is COC=CC1CN(B(C)O)C1. The summed E-state index contributed by atoms with van der Waals surface area (Å²) in [4.78, 5) is 2.00. The van der Waals surface area contributed by atoms with Gasteiger partial charge in [0.1, 0.15) is 0 Å². The normalized spacial score (nSPS) is 20.3. The quantitative estimate of drug-likeness (QED) is 0.466. The molecular weight excluding hydrogens is 141 g/mol. The zero-order chi connectivity index (χ0) is 8.27. The van der Waals surface area contributed by atoms with E-state index in [1.54, 1.807) is 20.2 Å². The van der Waals surface area contributed by atoms with E-state index in [1.807, 2.05) is 10.9 Å². The molecule has 62 valence electrons. The van der Waals surface area contributed by atoms with E-state index in [1.165, 1.54) is 0 Å². The Morgan fingerprint density at radius 2 is 2.27 bits per heavy atom. The molecule has 1 aliphatic rings. The highest BCUT2D eigenvalue weighted by atomic mass is 16.5. The van der Waals surface area contributed by atoms with Crippen LogP contribution in [-0.4, -0.2) is 37.1 Å². The Hall–Kier alpha value is -0.475. The molecule has 1 N–H and O–H groups in total. The first-order chi connectivity index (χ1) is 5.24. The van der Waals surface area contributed by atoms with Crippen molar-refractivity contribution >= 4 is 7.05 Å². The monoisotopic (exact) mass is 155 g/mol. The van der Waals surface area contributed by atoms with Crippen LogP contribution in [0.5, 0.6) is 0 Å². The van der Waals surface area contributed by atoms with Crippen LogP contribution >= 0.6 is 0 Å². The van der Waals surface area contributed by atoms with Gasteiger partial charge in [-0.2, -0.15) is 0 Å². The Labute approximate surface area is 67.8 Å². The first-order valence-corrected chi connectivity index (χ1v) is 3.85. The predicted molar refractivity (Wildman–Crippen MR) is 45.0 cm³/mol. The lowest BCUT2D eigenvalue weighted by Gasteiger charge is -2.38. The minimum atomic E-state index is -0.304. The maximum absolute atomic E-state index is 9.09. The largest absolute Gasteiger partial charge is 0.505 e. The fourth-order valence-electron chi connectivity index (χ4n) is 1.17. The summed E-state index contributed by atoms with van der Waals surface area (Å²) in [5.74, 6) is 0.560. The smallest absolute Gasteiger partial charge is 0.376 e. The van der Waals surface area contributed by atoms with Crippen molar-refractivity contribution in [3.8, 4) is 0 Å². The molecule has 1 saturated heterocycles. The van der Waals surface area contributed by atoms with Gasteiger partial charge in [0.15, 0.2) is 0 Å². The van der Waals surface area contributed by atoms with Crippen molar-refractivity contribution in [2.75, 3.05) is 20.2 Å². The summed E-state index contributed by atoms with van der Waals surface area (Å²) >= 11 is 0. The number of rotatable bonds is 3. The number of nitrogens with zero attached hydrogens (tertiary/aromatic N) is 1. The van der Waals surface area contributed by atoms with Crippen molar-refractivity contribution in [3.05, 3.63) is 12.3 Å². The van der Waals surface area contributed by atoms with Crippen LogP contribution in [0.15, 0.2) is 12.3 Å². The van der Waals surface area contributed by atoms with Crippen molar-refractivity contribution in [3.63, 3.8) is 0 Å². The average Bonchev–Trinajstić information content (AvgIpc) is 1.84. The summed E-state index contributed by atoms with van der Waals surface area (Å²) in [6.45, 7) is 3.67. The number of hydrogen-bond donors (Lipinski definition) is 1. The molecular formula is C7H14BNO2. The number of hydrogen-bond acceptors (Lipinski definition) is 3. The number of methoxy groups -OCH3 is 1. The molecule has 4 heteroatoms. The molecule has 0 spiro atoms. The second-order valence-corrected chi connectivity index (χ2v) is 2.91. The summed E-state index contributed by atoms with van der Waals surface area (Å²) in [5.41, 5.74) is 0. The third-order valence-electron chi connectivity index (χ3n) is 1.95. The van der Waals surface area contributed by atoms with Gasteiger partial charge in [0.05, 0.1) is 13.4 Å². The molecule has 0 atom stereocenters. The molecule has 0 aromatic heterocycles. The highest BCUT2D eigenvalue weighted by Crippen LogP contribution is 2.16. The third kappa shape index (κ3) is 2.24. The van der Waals surface area contributed by atoms with Gasteiger partial charge in [-0.1, -0.05) is 0 Å². The van der Waals surface area contributed by atoms with Gasteiger partial charge in [-0.15, -0.1) is 0 Å². The van der Waals surface area contributed by atoms with Crippen molar-refractivity contribution in [2.45, 2.75) is 6.82 Å². The molecule has 0 aromatic carbocycles. The van der Waals surface area contributed by atoms with Crippen LogP contribution in [0.2, 0.25) is 6.82 Å². The van der Waals surface area contributed by atoms with Gasteiger partial charge < -0.3 is 14.6 Å². The molecule has 0 saturated carbocycles. The maximum atomic E-state index is 9.09. The van der Waals surface area contributed by atoms with E-state index < -0.39 is 0 Å². The molecule has 11 heavy (non-hydrogen) atoms. The molecule has 1 aliphatic heterocycles. The van der Waals surface area contributed by atoms with Gasteiger partial charge in [0.2, 0.25) is 0 Å². The van der Waals surface area contributed by atoms with Crippen LogP contribution in [0.1, 0.15) is 0 Å². The van der Waals surface area contributed by atoms with Crippen LogP contribution < -0.4 is 0 Å². The van der Waals surface area contributed by atoms with E-state index >= 15 is 0 Å². The van der Waals surface area contributed by atoms with E-state index in [-0.39, 0.29) is 7.05 Å². The first-order valence-electron chi connectivity index (χ1n) is 3.85. The fourth-order valence-corrected chi connectivity index (χ4v) is 1.17. The zero-order valence-electron chi connectivity index (χ0n) is 7.03. The Bertz CT molecular complexity index is 143. The van der Waals surface area contributed by atoms with E-state index in [9.17, 15) is 0 Å². The van der Waals surface area contributed by atoms with E-state index in [4.69, 9.17) is 9.76 Å². The Kier molecular flexibility index (Phi) is 2.97. The lowest BCUT2D eigenvalue weighted by Crippen LogP contribution is -2.52. The minimum Gasteiger partial charge on any atom is -0.505 e. The summed E-state index contributed by atoms with van der Waals surface area (Å²) in [5, 5.41) is 9.09. The molecule has 0 amide bonds. The van der Waals surface area contributed by atoms with Gasteiger partial charge in [0.25, 0.3) is 0 Å². The summed E-state index contributed by atoms with van der Waals surface area (Å²) < 4.78 is 4.78. The molecule has 0 aliphatic carbocycles. The molecule has 1 heterocycles. The van der Waals surface area contributed by atoms with Crippen molar-refractivity contribution in [2.24, 2.45) is 5.92 Å².